The number of carbonyl (C=O) groups is 3. The van der Waals surface area contributed by atoms with Crippen LogP contribution < -0.4 is 30.7 Å². The number of aromatic nitrogens is 2. The minimum absolute atomic E-state index is 0.0326. The van der Waals surface area contributed by atoms with Crippen molar-refractivity contribution in [2.75, 3.05) is 66.6 Å². The van der Waals surface area contributed by atoms with E-state index in [9.17, 15) is 14.4 Å². The molecule has 0 aromatic carbocycles. The van der Waals surface area contributed by atoms with Gasteiger partial charge in [-0.25, -0.2) is 14.8 Å². The number of ether oxygens (including phenoxy) is 2. The second-order valence-corrected chi connectivity index (χ2v) is 10.4. The Labute approximate surface area is 254 Å². The molecular weight excluding hydrogens is 552 g/mol. The summed E-state index contributed by atoms with van der Waals surface area (Å²) in [6, 6.07) is 7.96. The molecule has 3 rings (SSSR count). The van der Waals surface area contributed by atoms with Crippen molar-refractivity contribution in [3.63, 3.8) is 0 Å². The molecule has 2 aromatic rings. The van der Waals surface area contributed by atoms with E-state index in [1.165, 1.54) is 13.8 Å². The van der Waals surface area contributed by atoms with Gasteiger partial charge in [-0.2, -0.15) is 0 Å². The summed E-state index contributed by atoms with van der Waals surface area (Å²) < 4.78 is 11.0. The van der Waals surface area contributed by atoms with Gasteiger partial charge < -0.3 is 40.5 Å². The standard InChI is InChI=1S/C30H46N8O5/c1-22(39)33-14-12-31-20-24-6-8-26(35-28(24)42-3)10-18-37-16-5-17-38(30(37)41)19-11-27-9-7-25(29(36-27)43-4)21-32-13-15-34-23(2)40/h6-9,31-32H,5,10-21H2,1-4H3,(H,33,39)(H,34,40). The van der Waals surface area contributed by atoms with Crippen molar-refractivity contribution in [1.82, 2.24) is 41.0 Å². The topological polar surface area (TPSA) is 150 Å². The van der Waals surface area contributed by atoms with E-state index in [1.54, 1.807) is 14.2 Å². The van der Waals surface area contributed by atoms with Gasteiger partial charge in [0, 0.05) is 115 Å². The fraction of sp³-hybridized carbons (Fsp3) is 0.567. The Morgan fingerprint density at radius 1 is 0.744 bits per heavy atom. The van der Waals surface area contributed by atoms with Crippen LogP contribution in [0.25, 0.3) is 0 Å². The number of carbonyl (C=O) groups excluding carboxylic acids is 3. The summed E-state index contributed by atoms with van der Waals surface area (Å²) in [5.41, 5.74) is 3.60. The van der Waals surface area contributed by atoms with Gasteiger partial charge in [-0.1, -0.05) is 12.1 Å². The summed E-state index contributed by atoms with van der Waals surface area (Å²) in [5, 5.41) is 12.1. The summed E-state index contributed by atoms with van der Waals surface area (Å²) in [6.45, 7) is 9.16. The van der Waals surface area contributed by atoms with Crippen LogP contribution in [0, 0.1) is 0 Å². The van der Waals surface area contributed by atoms with Gasteiger partial charge in [0.25, 0.3) is 0 Å². The Morgan fingerprint density at radius 3 is 1.58 bits per heavy atom. The number of nitrogens with zero attached hydrogens (tertiary/aromatic N) is 4. The Balaban J connectivity index is 1.46. The highest BCUT2D eigenvalue weighted by Gasteiger charge is 2.25. The molecule has 1 aliphatic heterocycles. The number of hydrogen-bond donors (Lipinski definition) is 4. The zero-order valence-electron chi connectivity index (χ0n) is 25.8. The molecule has 3 heterocycles. The lowest BCUT2D eigenvalue weighted by Crippen LogP contribution is -2.50. The highest BCUT2D eigenvalue weighted by molar-refractivity contribution is 5.75. The Hall–Kier alpha value is -3.97. The molecule has 43 heavy (non-hydrogen) atoms. The van der Waals surface area contributed by atoms with Crippen LogP contribution in [0.3, 0.4) is 0 Å². The number of hydrogen-bond acceptors (Lipinski definition) is 9. The van der Waals surface area contributed by atoms with Crippen LogP contribution >= 0.6 is 0 Å². The van der Waals surface area contributed by atoms with Gasteiger partial charge in [-0.15, -0.1) is 0 Å². The molecule has 0 spiro atoms. The predicted octanol–water partition coefficient (Wildman–Crippen LogP) is 0.858. The van der Waals surface area contributed by atoms with Gasteiger partial charge in [0.15, 0.2) is 0 Å². The average molecular weight is 599 g/mol. The summed E-state index contributed by atoms with van der Waals surface area (Å²) in [4.78, 5) is 48.3. The minimum atomic E-state index is -0.0504. The van der Waals surface area contributed by atoms with Crippen molar-refractivity contribution in [2.24, 2.45) is 0 Å². The number of nitrogens with one attached hydrogen (secondary N) is 4. The second kappa shape index (κ2) is 17.9. The summed E-state index contributed by atoms with van der Waals surface area (Å²) >= 11 is 0. The second-order valence-electron chi connectivity index (χ2n) is 10.4. The fourth-order valence-electron chi connectivity index (χ4n) is 4.77. The van der Waals surface area contributed by atoms with E-state index in [1.807, 2.05) is 34.1 Å². The number of rotatable bonds is 18. The smallest absolute Gasteiger partial charge is 0.320 e. The van der Waals surface area contributed by atoms with E-state index >= 15 is 0 Å². The van der Waals surface area contributed by atoms with Gasteiger partial charge in [-0.3, -0.25) is 9.59 Å². The molecular formula is C30H46N8O5. The van der Waals surface area contributed by atoms with Gasteiger partial charge in [0.05, 0.1) is 14.2 Å². The number of methoxy groups -OCH3 is 2. The van der Waals surface area contributed by atoms with Crippen LogP contribution in [-0.4, -0.2) is 104 Å². The number of urea groups is 1. The lowest BCUT2D eigenvalue weighted by atomic mass is 10.1. The third kappa shape index (κ3) is 11.3. The molecule has 2 aromatic heterocycles. The third-order valence-electron chi connectivity index (χ3n) is 7.04. The first-order chi connectivity index (χ1) is 20.8. The monoisotopic (exact) mass is 598 g/mol. The molecule has 0 bridgehead atoms. The SMILES string of the molecule is COc1nc(CCN2CCCN(CCc3ccc(CNCCNC(C)=O)c(OC)n3)C2=O)ccc1CNCCNC(C)=O. The minimum Gasteiger partial charge on any atom is -0.481 e. The molecule has 0 radical (unpaired) electrons. The lowest BCUT2D eigenvalue weighted by molar-refractivity contribution is -0.119. The van der Waals surface area contributed by atoms with Crippen LogP contribution in [0.4, 0.5) is 4.79 Å². The predicted molar refractivity (Wildman–Crippen MR) is 163 cm³/mol. The van der Waals surface area contributed by atoms with E-state index in [0.29, 0.717) is 77.0 Å². The third-order valence-corrected chi connectivity index (χ3v) is 7.04. The van der Waals surface area contributed by atoms with Crippen molar-refractivity contribution in [2.45, 2.75) is 46.2 Å². The first-order valence-corrected chi connectivity index (χ1v) is 14.8. The van der Waals surface area contributed by atoms with Crippen LogP contribution in [-0.2, 0) is 35.5 Å². The fourth-order valence-corrected chi connectivity index (χ4v) is 4.77. The maximum atomic E-state index is 13.2. The van der Waals surface area contributed by atoms with Gasteiger partial charge in [-0.05, 0) is 18.6 Å². The van der Waals surface area contributed by atoms with E-state index in [-0.39, 0.29) is 17.8 Å². The summed E-state index contributed by atoms with van der Waals surface area (Å²) in [7, 11) is 3.20. The summed E-state index contributed by atoms with van der Waals surface area (Å²) in [5.74, 6) is 1.02. The first kappa shape index (κ1) is 33.5. The molecule has 1 fully saturated rings. The Kier molecular flexibility index (Phi) is 13.9. The van der Waals surface area contributed by atoms with Crippen molar-refractivity contribution >= 4 is 17.8 Å². The molecule has 1 aliphatic rings. The molecule has 13 heteroatoms. The number of amides is 4. The van der Waals surface area contributed by atoms with Crippen molar-refractivity contribution < 1.29 is 23.9 Å². The van der Waals surface area contributed by atoms with Gasteiger partial charge >= 0.3 is 6.03 Å². The zero-order valence-corrected chi connectivity index (χ0v) is 25.8. The first-order valence-electron chi connectivity index (χ1n) is 14.8. The van der Waals surface area contributed by atoms with Gasteiger partial charge in [0.2, 0.25) is 23.6 Å². The quantitative estimate of drug-likeness (QED) is 0.183. The Morgan fingerprint density at radius 2 is 1.19 bits per heavy atom. The van der Waals surface area contributed by atoms with E-state index in [2.05, 4.69) is 31.2 Å². The zero-order chi connectivity index (χ0) is 31.0. The molecule has 4 N–H and O–H groups in total. The van der Waals surface area contributed by atoms with E-state index in [4.69, 9.17) is 9.47 Å². The van der Waals surface area contributed by atoms with Crippen LogP contribution in [0.15, 0.2) is 24.3 Å². The molecule has 0 unspecified atom stereocenters. The maximum Gasteiger partial charge on any atom is 0.320 e. The molecule has 236 valence electrons. The normalized spacial score (nSPS) is 13.2. The lowest BCUT2D eigenvalue weighted by Gasteiger charge is -2.35. The highest BCUT2D eigenvalue weighted by Crippen LogP contribution is 2.19. The van der Waals surface area contributed by atoms with Gasteiger partial charge in [0.1, 0.15) is 0 Å². The molecule has 13 nitrogen and oxygen atoms in total. The van der Waals surface area contributed by atoms with Crippen molar-refractivity contribution in [1.29, 1.82) is 0 Å². The average Bonchev–Trinajstić information content (AvgIpc) is 3.00. The van der Waals surface area contributed by atoms with Crippen LogP contribution in [0.5, 0.6) is 11.8 Å². The molecule has 4 amide bonds. The van der Waals surface area contributed by atoms with Crippen molar-refractivity contribution in [3.05, 3.63) is 46.8 Å². The molecule has 0 atom stereocenters. The Bertz CT molecular complexity index is 1120. The van der Waals surface area contributed by atoms with Crippen molar-refractivity contribution in [3.8, 4) is 11.8 Å². The largest absolute Gasteiger partial charge is 0.481 e. The van der Waals surface area contributed by atoms with Crippen LogP contribution in [0.2, 0.25) is 0 Å². The molecule has 0 saturated carbocycles. The van der Waals surface area contributed by atoms with E-state index in [0.717, 1.165) is 42.0 Å². The highest BCUT2D eigenvalue weighted by atomic mass is 16.5. The van der Waals surface area contributed by atoms with Crippen LogP contribution in [0.1, 0.15) is 42.8 Å². The molecule has 0 aliphatic carbocycles. The van der Waals surface area contributed by atoms with E-state index < -0.39 is 0 Å². The summed E-state index contributed by atoms with van der Waals surface area (Å²) in [6.07, 6.45) is 2.17. The number of pyridine rings is 2. The maximum absolute atomic E-state index is 13.2. The molecule has 1 saturated heterocycles.